The summed E-state index contributed by atoms with van der Waals surface area (Å²) in [5.74, 6) is -1.31. The Balaban J connectivity index is 1.77. The minimum atomic E-state index is -0.773. The number of halogens is 2. The van der Waals surface area contributed by atoms with E-state index in [1.54, 1.807) is 18.2 Å². The van der Waals surface area contributed by atoms with E-state index in [9.17, 15) is 18.8 Å². The monoisotopic (exact) mass is 475 g/mol. The molecule has 1 aliphatic rings. The summed E-state index contributed by atoms with van der Waals surface area (Å²) < 4.78 is 24.9. The molecule has 1 atom stereocenters. The minimum Gasteiger partial charge on any atom is -0.493 e. The number of benzene rings is 2. The van der Waals surface area contributed by atoms with Crippen LogP contribution >= 0.6 is 11.6 Å². The molecule has 0 unspecified atom stereocenters. The Hall–Kier alpha value is -3.59. The number of ether oxygens (including phenoxy) is 2. The second-order valence-corrected chi connectivity index (χ2v) is 7.69. The van der Waals surface area contributed by atoms with Crippen molar-refractivity contribution in [3.8, 4) is 11.5 Å². The molecule has 2 aromatic rings. The fourth-order valence-corrected chi connectivity index (χ4v) is 3.26. The Kier molecular flexibility index (Phi) is 7.55. The molecule has 0 aromatic heterocycles. The van der Waals surface area contributed by atoms with Gasteiger partial charge in [-0.3, -0.25) is 9.59 Å². The van der Waals surface area contributed by atoms with Crippen LogP contribution in [0.4, 0.5) is 14.9 Å². The lowest BCUT2D eigenvalue weighted by molar-refractivity contribution is -0.127. The average molecular weight is 476 g/mol. The van der Waals surface area contributed by atoms with Gasteiger partial charge < -0.3 is 20.1 Å². The van der Waals surface area contributed by atoms with E-state index in [-0.39, 0.29) is 22.5 Å². The van der Waals surface area contributed by atoms with Crippen LogP contribution in [0.5, 0.6) is 11.5 Å². The van der Waals surface area contributed by atoms with Gasteiger partial charge in [0.25, 0.3) is 5.91 Å². The van der Waals surface area contributed by atoms with E-state index < -0.39 is 30.2 Å². The standard InChI is InChI=1S/C23H23ClFN3O5/c1-4-13(2)33-21-15(24)9-14(11-19(21)32-3)10-18-22(30)28(23(31)27-18)12-20(29)26-17-8-6-5-7-16(17)25/h5-11,13H,4,12H2,1-3H3,(H,26,29)(H,27,31)/b18-10+/t13-/m1/s1. The van der Waals surface area contributed by atoms with Crippen molar-refractivity contribution in [1.29, 1.82) is 0 Å². The second kappa shape index (κ2) is 10.4. The van der Waals surface area contributed by atoms with Crippen LogP contribution in [0.3, 0.4) is 0 Å². The third-order valence-corrected chi connectivity index (χ3v) is 5.15. The normalized spacial score (nSPS) is 15.4. The summed E-state index contributed by atoms with van der Waals surface area (Å²) in [4.78, 5) is 37.9. The first-order valence-corrected chi connectivity index (χ1v) is 10.5. The molecule has 8 nitrogen and oxygen atoms in total. The van der Waals surface area contributed by atoms with Crippen LogP contribution < -0.4 is 20.1 Å². The van der Waals surface area contributed by atoms with Gasteiger partial charge in [-0.2, -0.15) is 0 Å². The van der Waals surface area contributed by atoms with E-state index in [0.29, 0.717) is 17.1 Å². The molecule has 0 saturated carbocycles. The van der Waals surface area contributed by atoms with Crippen LogP contribution in [0.2, 0.25) is 5.02 Å². The first-order chi connectivity index (χ1) is 15.7. The molecular formula is C23H23ClFN3O5. The number of hydrogen-bond acceptors (Lipinski definition) is 5. The van der Waals surface area contributed by atoms with Crippen molar-refractivity contribution in [3.05, 3.63) is 58.5 Å². The fraction of sp³-hybridized carbons (Fsp3) is 0.261. The number of methoxy groups -OCH3 is 1. The van der Waals surface area contributed by atoms with Gasteiger partial charge in [0.1, 0.15) is 18.1 Å². The van der Waals surface area contributed by atoms with E-state index in [4.69, 9.17) is 21.1 Å². The zero-order valence-electron chi connectivity index (χ0n) is 18.3. The summed E-state index contributed by atoms with van der Waals surface area (Å²) >= 11 is 6.35. The fourth-order valence-electron chi connectivity index (χ4n) is 3.00. The first-order valence-electron chi connectivity index (χ1n) is 10.2. The third-order valence-electron chi connectivity index (χ3n) is 4.87. The molecule has 33 heavy (non-hydrogen) atoms. The molecule has 0 spiro atoms. The Morgan fingerprint density at radius 1 is 1.30 bits per heavy atom. The minimum absolute atomic E-state index is 0.0487. The van der Waals surface area contributed by atoms with E-state index in [0.717, 1.165) is 11.3 Å². The van der Waals surface area contributed by atoms with Crippen LogP contribution in [-0.4, -0.2) is 42.5 Å². The molecule has 0 bridgehead atoms. The molecule has 174 valence electrons. The van der Waals surface area contributed by atoms with E-state index >= 15 is 0 Å². The Labute approximate surface area is 195 Å². The highest BCUT2D eigenvalue weighted by Gasteiger charge is 2.35. The van der Waals surface area contributed by atoms with Gasteiger partial charge in [0.2, 0.25) is 5.91 Å². The summed E-state index contributed by atoms with van der Waals surface area (Å²) in [6, 6.07) is 7.99. The van der Waals surface area contributed by atoms with E-state index in [2.05, 4.69) is 10.6 Å². The number of urea groups is 1. The molecule has 1 fully saturated rings. The van der Waals surface area contributed by atoms with Crippen molar-refractivity contribution >= 4 is 41.2 Å². The lowest BCUT2D eigenvalue weighted by Gasteiger charge is -2.17. The molecule has 0 aliphatic carbocycles. The van der Waals surface area contributed by atoms with Crippen LogP contribution in [0.1, 0.15) is 25.8 Å². The number of amides is 4. The number of nitrogens with zero attached hydrogens (tertiary/aromatic N) is 1. The molecule has 2 N–H and O–H groups in total. The highest BCUT2D eigenvalue weighted by Crippen LogP contribution is 2.38. The average Bonchev–Trinajstić information content (AvgIpc) is 3.04. The lowest BCUT2D eigenvalue weighted by atomic mass is 10.1. The summed E-state index contributed by atoms with van der Waals surface area (Å²) in [7, 11) is 1.46. The Bertz CT molecular complexity index is 1120. The van der Waals surface area contributed by atoms with Crippen molar-refractivity contribution in [1.82, 2.24) is 10.2 Å². The van der Waals surface area contributed by atoms with Crippen LogP contribution in [0.25, 0.3) is 6.08 Å². The summed E-state index contributed by atoms with van der Waals surface area (Å²) in [5.41, 5.74) is 0.383. The summed E-state index contributed by atoms with van der Waals surface area (Å²) in [6.07, 6.45) is 2.10. The number of rotatable bonds is 8. The molecule has 1 aliphatic heterocycles. The van der Waals surface area contributed by atoms with Crippen molar-refractivity contribution in [2.75, 3.05) is 19.0 Å². The summed E-state index contributed by atoms with van der Waals surface area (Å²) in [6.45, 7) is 3.29. The first kappa shape index (κ1) is 24.1. The van der Waals surface area contributed by atoms with E-state index in [1.165, 1.54) is 31.4 Å². The highest BCUT2D eigenvalue weighted by molar-refractivity contribution is 6.32. The molecular weight excluding hydrogens is 453 g/mol. The number of carbonyl (C=O) groups is 3. The number of nitrogens with one attached hydrogen (secondary N) is 2. The molecule has 0 radical (unpaired) electrons. The Morgan fingerprint density at radius 3 is 2.70 bits per heavy atom. The van der Waals surface area contributed by atoms with Crippen LogP contribution in [0.15, 0.2) is 42.1 Å². The molecule has 1 heterocycles. The van der Waals surface area contributed by atoms with Gasteiger partial charge in [0.15, 0.2) is 11.5 Å². The molecule has 2 aromatic carbocycles. The van der Waals surface area contributed by atoms with Crippen molar-refractivity contribution < 1.29 is 28.2 Å². The maximum absolute atomic E-state index is 13.7. The van der Waals surface area contributed by atoms with Gasteiger partial charge in [-0.25, -0.2) is 14.1 Å². The number of hydrogen-bond donors (Lipinski definition) is 2. The maximum atomic E-state index is 13.7. The van der Waals surface area contributed by atoms with Gasteiger partial charge >= 0.3 is 6.03 Å². The van der Waals surface area contributed by atoms with Gasteiger partial charge in [-0.05, 0) is 49.2 Å². The summed E-state index contributed by atoms with van der Waals surface area (Å²) in [5, 5.41) is 5.04. The smallest absolute Gasteiger partial charge is 0.329 e. The maximum Gasteiger partial charge on any atom is 0.329 e. The quantitative estimate of drug-likeness (QED) is 0.440. The largest absolute Gasteiger partial charge is 0.493 e. The molecule has 10 heteroatoms. The van der Waals surface area contributed by atoms with Crippen molar-refractivity contribution in [3.63, 3.8) is 0 Å². The number of anilines is 1. The number of carbonyl (C=O) groups excluding carboxylic acids is 3. The van der Waals surface area contributed by atoms with Crippen molar-refractivity contribution in [2.45, 2.75) is 26.4 Å². The Morgan fingerprint density at radius 2 is 2.03 bits per heavy atom. The molecule has 3 rings (SSSR count). The zero-order chi connectivity index (χ0) is 24.1. The second-order valence-electron chi connectivity index (χ2n) is 7.28. The molecule has 4 amide bonds. The lowest BCUT2D eigenvalue weighted by Crippen LogP contribution is -2.38. The predicted molar refractivity (Wildman–Crippen MR) is 122 cm³/mol. The van der Waals surface area contributed by atoms with E-state index in [1.807, 2.05) is 13.8 Å². The van der Waals surface area contributed by atoms with Crippen LogP contribution in [0, 0.1) is 5.82 Å². The SMILES string of the molecule is CC[C@@H](C)Oc1c(Cl)cc(/C=C2/NC(=O)N(CC(=O)Nc3ccccc3F)C2=O)cc1OC. The topological polar surface area (TPSA) is 97.0 Å². The zero-order valence-corrected chi connectivity index (χ0v) is 19.0. The third kappa shape index (κ3) is 5.61. The van der Waals surface area contributed by atoms with Gasteiger partial charge in [0.05, 0.1) is 23.9 Å². The van der Waals surface area contributed by atoms with Crippen molar-refractivity contribution in [2.24, 2.45) is 0 Å². The number of imide groups is 1. The molecule has 1 saturated heterocycles. The highest BCUT2D eigenvalue weighted by atomic mass is 35.5. The van der Waals surface area contributed by atoms with Gasteiger partial charge in [-0.15, -0.1) is 0 Å². The number of para-hydroxylation sites is 1. The predicted octanol–water partition coefficient (Wildman–Crippen LogP) is 4.20. The van der Waals surface area contributed by atoms with Gasteiger partial charge in [-0.1, -0.05) is 30.7 Å². The van der Waals surface area contributed by atoms with Gasteiger partial charge in [0, 0.05) is 0 Å². The van der Waals surface area contributed by atoms with Crippen LogP contribution in [-0.2, 0) is 9.59 Å².